The first kappa shape index (κ1) is 12.4. The number of likely N-dealkylation sites (tertiary alicyclic amines) is 1. The van der Waals surface area contributed by atoms with Crippen LogP contribution in [0.25, 0.3) is 0 Å². The maximum Gasteiger partial charge on any atom is 0.270 e. The van der Waals surface area contributed by atoms with Gasteiger partial charge < -0.3 is 15.2 Å². The van der Waals surface area contributed by atoms with Gasteiger partial charge >= 0.3 is 0 Å². The molecule has 94 valence electrons. The second-order valence-electron chi connectivity index (χ2n) is 4.50. The normalized spacial score (nSPS) is 17.4. The molecule has 0 aliphatic carbocycles. The summed E-state index contributed by atoms with van der Waals surface area (Å²) >= 11 is 1.90. The molecule has 1 aliphatic heterocycles. The Kier molecular flexibility index (Phi) is 3.66. The second kappa shape index (κ2) is 5.04. The van der Waals surface area contributed by atoms with Gasteiger partial charge in [0.05, 0.1) is 5.69 Å². The zero-order chi connectivity index (χ0) is 12.4. The Morgan fingerprint density at radius 3 is 2.59 bits per heavy atom. The van der Waals surface area contributed by atoms with Crippen LogP contribution in [0.3, 0.4) is 0 Å². The number of carbonyl (C=O) groups is 1. The van der Waals surface area contributed by atoms with Crippen molar-refractivity contribution in [2.45, 2.75) is 18.1 Å². The molecule has 0 bridgehead atoms. The summed E-state index contributed by atoms with van der Waals surface area (Å²) in [6, 6.07) is 1.75. The lowest BCUT2D eigenvalue weighted by Crippen LogP contribution is -2.39. The maximum atomic E-state index is 12.3. The van der Waals surface area contributed by atoms with Crippen molar-refractivity contribution in [1.29, 1.82) is 0 Å². The maximum absolute atomic E-state index is 12.3. The third-order valence-electron chi connectivity index (χ3n) is 3.31. The molecular formula is C12H19N3OS. The first-order valence-corrected chi connectivity index (χ1v) is 7.14. The smallest absolute Gasteiger partial charge is 0.270 e. The number of anilines is 1. The summed E-state index contributed by atoms with van der Waals surface area (Å²) in [5, 5.41) is 0.706. The number of carbonyl (C=O) groups excluding carboxylic acids is 1. The van der Waals surface area contributed by atoms with Crippen LogP contribution in [0.15, 0.2) is 12.3 Å². The van der Waals surface area contributed by atoms with Crippen LogP contribution >= 0.6 is 11.8 Å². The number of nitrogens with zero attached hydrogens (tertiary/aromatic N) is 2. The van der Waals surface area contributed by atoms with E-state index in [0.717, 1.165) is 25.9 Å². The number of nitrogen functional groups attached to an aromatic ring is 1. The average molecular weight is 253 g/mol. The fourth-order valence-corrected chi connectivity index (χ4v) is 2.94. The summed E-state index contributed by atoms with van der Waals surface area (Å²) < 4.78 is 1.80. The molecule has 2 rings (SSSR count). The van der Waals surface area contributed by atoms with Crippen LogP contribution in [-0.4, -0.2) is 40.0 Å². The van der Waals surface area contributed by atoms with Crippen molar-refractivity contribution in [2.24, 2.45) is 7.05 Å². The molecule has 0 spiro atoms. The van der Waals surface area contributed by atoms with Gasteiger partial charge in [0.1, 0.15) is 5.69 Å². The van der Waals surface area contributed by atoms with Crippen LogP contribution in [0, 0.1) is 0 Å². The molecule has 1 amide bonds. The number of amides is 1. The molecule has 1 aliphatic rings. The summed E-state index contributed by atoms with van der Waals surface area (Å²) in [7, 11) is 1.86. The van der Waals surface area contributed by atoms with Crippen molar-refractivity contribution in [3.63, 3.8) is 0 Å². The van der Waals surface area contributed by atoms with Crippen LogP contribution < -0.4 is 5.73 Å². The topological polar surface area (TPSA) is 51.3 Å². The number of thioether (sulfide) groups is 1. The summed E-state index contributed by atoms with van der Waals surface area (Å²) in [6.07, 6.45) is 6.10. The van der Waals surface area contributed by atoms with Gasteiger partial charge in [-0.2, -0.15) is 11.8 Å². The highest BCUT2D eigenvalue weighted by atomic mass is 32.2. The second-order valence-corrected chi connectivity index (χ2v) is 5.63. The fourth-order valence-electron chi connectivity index (χ4n) is 2.26. The summed E-state index contributed by atoms with van der Waals surface area (Å²) in [5.41, 5.74) is 7.03. The predicted octanol–water partition coefficient (Wildman–Crippen LogP) is 1.57. The number of rotatable bonds is 2. The first-order valence-electron chi connectivity index (χ1n) is 5.85. The van der Waals surface area contributed by atoms with E-state index in [1.165, 1.54) is 0 Å². The molecule has 1 saturated heterocycles. The van der Waals surface area contributed by atoms with E-state index in [-0.39, 0.29) is 5.91 Å². The lowest BCUT2D eigenvalue weighted by molar-refractivity contribution is 0.0718. The van der Waals surface area contributed by atoms with Gasteiger partial charge in [-0.05, 0) is 25.2 Å². The van der Waals surface area contributed by atoms with E-state index >= 15 is 0 Å². The Labute approximate surface area is 106 Å². The van der Waals surface area contributed by atoms with Crippen molar-refractivity contribution in [3.05, 3.63) is 18.0 Å². The standard InChI is InChI=1S/C12H19N3OS/c1-14-8-9(13)7-11(14)12(16)15-5-3-10(17-2)4-6-15/h7-8,10H,3-6,13H2,1-2H3. The summed E-state index contributed by atoms with van der Waals surface area (Å²) in [6.45, 7) is 1.71. The quantitative estimate of drug-likeness (QED) is 0.870. The van der Waals surface area contributed by atoms with Gasteiger partial charge in [-0.1, -0.05) is 0 Å². The molecule has 1 aromatic heterocycles. The van der Waals surface area contributed by atoms with Gasteiger partial charge in [-0.25, -0.2) is 0 Å². The molecule has 5 heteroatoms. The molecule has 0 unspecified atom stereocenters. The molecule has 17 heavy (non-hydrogen) atoms. The molecule has 1 fully saturated rings. The van der Waals surface area contributed by atoms with Gasteiger partial charge in [0.2, 0.25) is 0 Å². The molecule has 2 heterocycles. The SMILES string of the molecule is CSC1CCN(C(=O)c2cc(N)cn2C)CC1. The van der Waals surface area contributed by atoms with E-state index < -0.39 is 0 Å². The van der Waals surface area contributed by atoms with Crippen LogP contribution in [-0.2, 0) is 7.05 Å². The third kappa shape index (κ3) is 2.60. The van der Waals surface area contributed by atoms with E-state index in [2.05, 4.69) is 6.26 Å². The third-order valence-corrected chi connectivity index (χ3v) is 4.45. The summed E-state index contributed by atoms with van der Waals surface area (Å²) in [4.78, 5) is 14.2. The lowest BCUT2D eigenvalue weighted by Gasteiger charge is -2.31. The Hall–Kier alpha value is -1.10. The van der Waals surface area contributed by atoms with Gasteiger partial charge in [-0.15, -0.1) is 0 Å². The van der Waals surface area contributed by atoms with E-state index in [9.17, 15) is 4.79 Å². The minimum absolute atomic E-state index is 0.101. The van der Waals surface area contributed by atoms with Gasteiger partial charge in [0.25, 0.3) is 5.91 Å². The van der Waals surface area contributed by atoms with E-state index in [1.54, 1.807) is 16.8 Å². The largest absolute Gasteiger partial charge is 0.397 e. The number of nitrogens with two attached hydrogens (primary N) is 1. The molecule has 4 nitrogen and oxygen atoms in total. The Morgan fingerprint density at radius 1 is 1.47 bits per heavy atom. The van der Waals surface area contributed by atoms with Crippen LogP contribution in [0.5, 0.6) is 0 Å². The van der Waals surface area contributed by atoms with E-state index in [0.29, 0.717) is 16.6 Å². The molecule has 0 radical (unpaired) electrons. The fraction of sp³-hybridized carbons (Fsp3) is 0.583. The minimum Gasteiger partial charge on any atom is -0.397 e. The Balaban J connectivity index is 2.04. The first-order chi connectivity index (χ1) is 8.11. The number of aromatic nitrogens is 1. The van der Waals surface area contributed by atoms with Gasteiger partial charge in [-0.3, -0.25) is 4.79 Å². The van der Waals surface area contributed by atoms with Crippen LogP contribution in [0.1, 0.15) is 23.3 Å². The molecular weight excluding hydrogens is 234 g/mol. The highest BCUT2D eigenvalue weighted by Gasteiger charge is 2.24. The number of hydrogen-bond acceptors (Lipinski definition) is 3. The van der Waals surface area contributed by atoms with Gasteiger partial charge in [0.15, 0.2) is 0 Å². The molecule has 2 N–H and O–H groups in total. The van der Waals surface area contributed by atoms with Crippen molar-refractivity contribution in [1.82, 2.24) is 9.47 Å². The highest BCUT2D eigenvalue weighted by molar-refractivity contribution is 7.99. The van der Waals surface area contributed by atoms with Crippen LogP contribution in [0.4, 0.5) is 5.69 Å². The molecule has 0 atom stereocenters. The van der Waals surface area contributed by atoms with E-state index in [1.807, 2.05) is 23.7 Å². The zero-order valence-corrected chi connectivity index (χ0v) is 11.2. The number of piperidine rings is 1. The van der Waals surface area contributed by atoms with Crippen molar-refractivity contribution in [2.75, 3.05) is 25.1 Å². The molecule has 1 aromatic rings. The number of aryl methyl sites for hydroxylation is 1. The Bertz CT molecular complexity index is 408. The molecule has 0 aromatic carbocycles. The van der Waals surface area contributed by atoms with E-state index in [4.69, 9.17) is 5.73 Å². The van der Waals surface area contributed by atoms with Gasteiger partial charge in [0, 0.05) is 31.6 Å². The van der Waals surface area contributed by atoms with Crippen molar-refractivity contribution < 1.29 is 4.79 Å². The monoisotopic (exact) mass is 253 g/mol. The van der Waals surface area contributed by atoms with Crippen LogP contribution in [0.2, 0.25) is 0 Å². The van der Waals surface area contributed by atoms with Crippen molar-refractivity contribution >= 4 is 23.4 Å². The zero-order valence-electron chi connectivity index (χ0n) is 10.3. The lowest BCUT2D eigenvalue weighted by atomic mass is 10.1. The molecule has 0 saturated carbocycles. The average Bonchev–Trinajstić information content (AvgIpc) is 2.68. The minimum atomic E-state index is 0.101. The summed E-state index contributed by atoms with van der Waals surface area (Å²) in [5.74, 6) is 0.101. The Morgan fingerprint density at radius 2 is 2.12 bits per heavy atom. The highest BCUT2D eigenvalue weighted by Crippen LogP contribution is 2.22. The predicted molar refractivity (Wildman–Crippen MR) is 72.3 cm³/mol. The van der Waals surface area contributed by atoms with Crippen molar-refractivity contribution in [3.8, 4) is 0 Å². The number of hydrogen-bond donors (Lipinski definition) is 1.